The number of ether oxygens (including phenoxy) is 1. The van der Waals surface area contributed by atoms with Crippen molar-refractivity contribution in [3.63, 3.8) is 0 Å². The van der Waals surface area contributed by atoms with Crippen LogP contribution in [0.1, 0.15) is 37.1 Å². The van der Waals surface area contributed by atoms with Crippen molar-refractivity contribution in [2.75, 3.05) is 26.2 Å². The molecule has 5 nitrogen and oxygen atoms in total. The summed E-state index contributed by atoms with van der Waals surface area (Å²) in [6, 6.07) is 12.0. The van der Waals surface area contributed by atoms with E-state index in [1.54, 1.807) is 18.3 Å². The van der Waals surface area contributed by atoms with Crippen LogP contribution in [-0.2, 0) is 5.60 Å². The minimum atomic E-state index is -0.946. The highest BCUT2D eigenvalue weighted by atomic mass is 127. The Kier molecular flexibility index (Phi) is 11.5. The van der Waals surface area contributed by atoms with Gasteiger partial charge in [0.2, 0.25) is 0 Å². The fourth-order valence-electron chi connectivity index (χ4n) is 2.50. The summed E-state index contributed by atoms with van der Waals surface area (Å²) in [4.78, 5) is 5.46. The lowest BCUT2D eigenvalue weighted by Crippen LogP contribution is -2.39. The van der Waals surface area contributed by atoms with Gasteiger partial charge in [-0.05, 0) is 57.2 Å². The van der Waals surface area contributed by atoms with Gasteiger partial charge in [-0.3, -0.25) is 0 Å². The molecule has 1 unspecified atom stereocenters. The molecule has 0 spiro atoms. The molecule has 0 aliphatic rings. The van der Waals surface area contributed by atoms with Gasteiger partial charge in [-0.15, -0.1) is 35.3 Å². The zero-order chi connectivity index (χ0) is 19.5. The minimum absolute atomic E-state index is 0. The molecule has 1 heterocycles. The third-order valence-corrected chi connectivity index (χ3v) is 5.22. The van der Waals surface area contributed by atoms with E-state index < -0.39 is 5.60 Å². The second kappa shape index (κ2) is 13.0. The van der Waals surface area contributed by atoms with Gasteiger partial charge in [0.15, 0.2) is 5.96 Å². The highest BCUT2D eigenvalue weighted by Gasteiger charge is 2.23. The first kappa shape index (κ1) is 24.7. The van der Waals surface area contributed by atoms with Crippen LogP contribution >= 0.6 is 35.3 Å². The van der Waals surface area contributed by atoms with E-state index in [0.29, 0.717) is 13.2 Å². The smallest absolute Gasteiger partial charge is 0.191 e. The van der Waals surface area contributed by atoms with Crippen molar-refractivity contribution in [3.05, 3.63) is 52.2 Å². The summed E-state index contributed by atoms with van der Waals surface area (Å²) in [6.07, 6.45) is 1.95. The molecule has 0 aliphatic carbocycles. The topological polar surface area (TPSA) is 65.9 Å². The second-order valence-corrected chi connectivity index (χ2v) is 7.69. The van der Waals surface area contributed by atoms with Gasteiger partial charge in [-0.2, -0.15) is 0 Å². The van der Waals surface area contributed by atoms with Crippen LogP contribution < -0.4 is 15.4 Å². The van der Waals surface area contributed by atoms with Crippen molar-refractivity contribution in [1.29, 1.82) is 0 Å². The molecule has 0 radical (unpaired) electrons. The number of unbranched alkanes of at least 4 members (excludes halogenated alkanes) is 1. The first-order chi connectivity index (χ1) is 13.0. The molecule has 2 aromatic rings. The lowest BCUT2D eigenvalue weighted by molar-refractivity contribution is 0.0711. The SMILES string of the molecule is CCNC(=NCC(C)(O)c1cccs1)NCCCCOc1ccc(C)cc1.I. The van der Waals surface area contributed by atoms with Crippen LogP contribution in [0.4, 0.5) is 0 Å². The molecule has 0 saturated heterocycles. The Hall–Kier alpha value is -1.32. The van der Waals surface area contributed by atoms with Gasteiger partial charge in [0.05, 0.1) is 13.2 Å². The van der Waals surface area contributed by atoms with E-state index in [2.05, 4.69) is 34.7 Å². The van der Waals surface area contributed by atoms with Crippen LogP contribution in [0.15, 0.2) is 46.8 Å². The Bertz CT molecular complexity index is 688. The average molecular weight is 517 g/mol. The quantitative estimate of drug-likeness (QED) is 0.190. The third kappa shape index (κ3) is 8.79. The number of thiophene rings is 1. The number of aryl methyl sites for hydroxylation is 1. The molecule has 1 aromatic heterocycles. The number of guanidine groups is 1. The zero-order valence-electron chi connectivity index (χ0n) is 16.9. The van der Waals surface area contributed by atoms with Crippen molar-refractivity contribution in [2.45, 2.75) is 39.2 Å². The molecule has 0 amide bonds. The first-order valence-electron chi connectivity index (χ1n) is 9.49. The summed E-state index contributed by atoms with van der Waals surface area (Å²) in [6.45, 7) is 8.51. The van der Waals surface area contributed by atoms with Crippen LogP contribution in [0.25, 0.3) is 0 Å². The Labute approximate surface area is 189 Å². The summed E-state index contributed by atoms with van der Waals surface area (Å²) in [5.74, 6) is 1.65. The van der Waals surface area contributed by atoms with E-state index in [1.807, 2.05) is 36.6 Å². The Morgan fingerprint density at radius 3 is 2.57 bits per heavy atom. The lowest BCUT2D eigenvalue weighted by atomic mass is 10.1. The maximum atomic E-state index is 10.6. The van der Waals surface area contributed by atoms with E-state index in [9.17, 15) is 5.11 Å². The molecule has 1 atom stereocenters. The van der Waals surface area contributed by atoms with Gasteiger partial charge in [-0.1, -0.05) is 23.8 Å². The zero-order valence-corrected chi connectivity index (χ0v) is 20.1. The molecule has 0 bridgehead atoms. The second-order valence-electron chi connectivity index (χ2n) is 6.74. The van der Waals surface area contributed by atoms with Gasteiger partial charge >= 0.3 is 0 Å². The molecule has 2 rings (SSSR count). The van der Waals surface area contributed by atoms with Crippen molar-refractivity contribution < 1.29 is 9.84 Å². The molecule has 0 aliphatic heterocycles. The number of aliphatic hydroxyl groups is 1. The summed E-state index contributed by atoms with van der Waals surface area (Å²) in [5.41, 5.74) is 0.290. The number of benzene rings is 1. The number of nitrogens with one attached hydrogen (secondary N) is 2. The molecule has 0 fully saturated rings. The summed E-state index contributed by atoms with van der Waals surface area (Å²) in [5, 5.41) is 19.1. The summed E-state index contributed by atoms with van der Waals surface area (Å²) >= 11 is 1.55. The lowest BCUT2D eigenvalue weighted by Gasteiger charge is -2.20. The highest BCUT2D eigenvalue weighted by Crippen LogP contribution is 2.25. The first-order valence-corrected chi connectivity index (χ1v) is 10.4. The predicted molar refractivity (Wildman–Crippen MR) is 129 cm³/mol. The molecule has 156 valence electrons. The molecule has 3 N–H and O–H groups in total. The van der Waals surface area contributed by atoms with Gasteiger partial charge in [0.25, 0.3) is 0 Å². The standard InChI is InChI=1S/C21H31N3O2S.HI/c1-4-22-20(24-16-21(3,25)19-8-7-15-27-19)23-13-5-6-14-26-18-11-9-17(2)10-12-18;/h7-12,15,25H,4-6,13-14,16H2,1-3H3,(H2,22,23,24);1H. The van der Waals surface area contributed by atoms with E-state index in [0.717, 1.165) is 42.5 Å². The van der Waals surface area contributed by atoms with Gasteiger partial charge in [0.1, 0.15) is 11.4 Å². The monoisotopic (exact) mass is 517 g/mol. The largest absolute Gasteiger partial charge is 0.494 e. The van der Waals surface area contributed by atoms with E-state index in [4.69, 9.17) is 4.74 Å². The molecular formula is C21H32IN3O2S. The number of nitrogens with zero attached hydrogens (tertiary/aromatic N) is 1. The molecular weight excluding hydrogens is 485 g/mol. The van der Waals surface area contributed by atoms with Crippen LogP contribution in [0.5, 0.6) is 5.75 Å². The molecule has 28 heavy (non-hydrogen) atoms. The van der Waals surface area contributed by atoms with Crippen LogP contribution in [0, 0.1) is 6.92 Å². The molecule has 0 saturated carbocycles. The summed E-state index contributed by atoms with van der Waals surface area (Å²) in [7, 11) is 0. The number of halogens is 1. The molecule has 7 heteroatoms. The maximum absolute atomic E-state index is 10.6. The number of hydrogen-bond acceptors (Lipinski definition) is 4. The van der Waals surface area contributed by atoms with E-state index >= 15 is 0 Å². The fraction of sp³-hybridized carbons (Fsp3) is 0.476. The Morgan fingerprint density at radius 2 is 1.93 bits per heavy atom. The number of hydrogen-bond donors (Lipinski definition) is 3. The van der Waals surface area contributed by atoms with Crippen molar-refractivity contribution in [3.8, 4) is 5.75 Å². The fourth-order valence-corrected chi connectivity index (χ4v) is 3.28. The van der Waals surface area contributed by atoms with Gasteiger partial charge < -0.3 is 20.5 Å². The van der Waals surface area contributed by atoms with Gasteiger partial charge in [-0.25, -0.2) is 4.99 Å². The van der Waals surface area contributed by atoms with E-state index in [1.165, 1.54) is 5.56 Å². The van der Waals surface area contributed by atoms with Crippen LogP contribution in [0.3, 0.4) is 0 Å². The number of aliphatic imine (C=N–C) groups is 1. The van der Waals surface area contributed by atoms with Gasteiger partial charge in [0, 0.05) is 18.0 Å². The Balaban J connectivity index is 0.00000392. The predicted octanol–water partition coefficient (Wildman–Crippen LogP) is 4.30. The van der Waals surface area contributed by atoms with Crippen LogP contribution in [0.2, 0.25) is 0 Å². The minimum Gasteiger partial charge on any atom is -0.494 e. The van der Waals surface area contributed by atoms with E-state index in [-0.39, 0.29) is 24.0 Å². The molecule has 1 aromatic carbocycles. The van der Waals surface area contributed by atoms with Crippen molar-refractivity contribution >= 4 is 41.3 Å². The normalized spacial score (nSPS) is 13.4. The third-order valence-electron chi connectivity index (χ3n) is 4.09. The van der Waals surface area contributed by atoms with Crippen molar-refractivity contribution in [1.82, 2.24) is 10.6 Å². The van der Waals surface area contributed by atoms with Crippen molar-refractivity contribution in [2.24, 2.45) is 4.99 Å². The average Bonchev–Trinajstić information content (AvgIpc) is 3.20. The highest BCUT2D eigenvalue weighted by molar-refractivity contribution is 14.0. The Morgan fingerprint density at radius 1 is 1.18 bits per heavy atom. The van der Waals surface area contributed by atoms with Crippen LogP contribution in [-0.4, -0.2) is 37.3 Å². The summed E-state index contributed by atoms with van der Waals surface area (Å²) < 4.78 is 5.74. The number of rotatable bonds is 10. The maximum Gasteiger partial charge on any atom is 0.191 e.